The van der Waals surface area contributed by atoms with Crippen molar-refractivity contribution in [1.29, 1.82) is 0 Å². The van der Waals surface area contributed by atoms with E-state index in [-0.39, 0.29) is 24.6 Å². The lowest BCUT2D eigenvalue weighted by molar-refractivity contribution is -0.116. The van der Waals surface area contributed by atoms with Crippen LogP contribution in [0.5, 0.6) is 0 Å². The second kappa shape index (κ2) is 8.93. The maximum Gasteiger partial charge on any atom is 0.278 e. The van der Waals surface area contributed by atoms with Gasteiger partial charge < -0.3 is 14.4 Å². The van der Waals surface area contributed by atoms with Gasteiger partial charge in [0.25, 0.3) is 5.56 Å². The van der Waals surface area contributed by atoms with E-state index in [1.807, 2.05) is 62.4 Å². The van der Waals surface area contributed by atoms with Crippen molar-refractivity contribution >= 4 is 33.5 Å². The first-order valence-electron chi connectivity index (χ1n) is 11.2. The zero-order chi connectivity index (χ0) is 23.7. The molecule has 0 unspecified atom stereocenters. The van der Waals surface area contributed by atoms with Gasteiger partial charge in [0.1, 0.15) is 24.1 Å². The minimum absolute atomic E-state index is 0.0273. The summed E-state index contributed by atoms with van der Waals surface area (Å²) in [5.74, 6) is 0.723. The summed E-state index contributed by atoms with van der Waals surface area (Å²) in [4.78, 5) is 35.4. The lowest BCUT2D eigenvalue weighted by Gasteiger charge is -2.11. The van der Waals surface area contributed by atoms with Gasteiger partial charge in [-0.15, -0.1) is 0 Å². The summed E-state index contributed by atoms with van der Waals surface area (Å²) in [7, 11) is 0. The molecule has 0 aliphatic heterocycles. The topological polar surface area (TPSA) is 108 Å². The highest BCUT2D eigenvalue weighted by Crippen LogP contribution is 2.25. The van der Waals surface area contributed by atoms with Crippen LogP contribution in [0.4, 0.5) is 5.69 Å². The van der Waals surface area contributed by atoms with Gasteiger partial charge in [-0.1, -0.05) is 48.5 Å². The van der Waals surface area contributed by atoms with E-state index in [4.69, 9.17) is 4.52 Å². The fourth-order valence-corrected chi connectivity index (χ4v) is 4.10. The second-order valence-electron chi connectivity index (χ2n) is 8.20. The third-order valence-electron chi connectivity index (χ3n) is 5.74. The third-order valence-corrected chi connectivity index (χ3v) is 5.74. The van der Waals surface area contributed by atoms with Crippen molar-refractivity contribution in [3.63, 3.8) is 0 Å². The molecule has 172 valence electrons. The van der Waals surface area contributed by atoms with Crippen molar-refractivity contribution in [3.8, 4) is 0 Å². The predicted octanol–water partition coefficient (Wildman–Crippen LogP) is 3.68. The van der Waals surface area contributed by atoms with Crippen molar-refractivity contribution in [2.24, 2.45) is 0 Å². The van der Waals surface area contributed by atoms with E-state index in [1.54, 1.807) is 4.57 Å². The van der Waals surface area contributed by atoms with Crippen LogP contribution in [0.15, 0.2) is 64.2 Å². The number of carbonyl (C=O) groups excluding carboxylic acids is 1. The van der Waals surface area contributed by atoms with E-state index in [1.165, 1.54) is 10.9 Å². The van der Waals surface area contributed by atoms with Crippen LogP contribution in [0.3, 0.4) is 0 Å². The molecule has 0 atom stereocenters. The van der Waals surface area contributed by atoms with Crippen LogP contribution in [-0.2, 0) is 24.3 Å². The fraction of sp³-hybridized carbons (Fsp3) is 0.240. The monoisotopic (exact) mass is 456 g/mol. The Hall–Kier alpha value is -4.27. The number of fused-ring (bicyclic) bond motifs is 3. The van der Waals surface area contributed by atoms with Crippen LogP contribution in [0.1, 0.15) is 30.6 Å². The molecule has 0 spiro atoms. The highest BCUT2D eigenvalue weighted by Gasteiger charge is 2.19. The van der Waals surface area contributed by atoms with E-state index < -0.39 is 0 Å². The van der Waals surface area contributed by atoms with Crippen molar-refractivity contribution in [1.82, 2.24) is 24.3 Å². The Morgan fingerprint density at radius 2 is 1.91 bits per heavy atom. The van der Waals surface area contributed by atoms with Crippen molar-refractivity contribution in [2.45, 2.75) is 39.8 Å². The normalized spacial score (nSPS) is 11.4. The Morgan fingerprint density at radius 1 is 1.12 bits per heavy atom. The Labute approximate surface area is 195 Å². The summed E-state index contributed by atoms with van der Waals surface area (Å²) in [5.41, 5.74) is 3.10. The molecule has 0 bridgehead atoms. The number of amides is 1. The van der Waals surface area contributed by atoms with Gasteiger partial charge in [-0.05, 0) is 31.0 Å². The quantitative estimate of drug-likeness (QED) is 0.400. The molecule has 0 saturated carbocycles. The number of aryl methyl sites for hydroxylation is 2. The first-order chi connectivity index (χ1) is 16.5. The van der Waals surface area contributed by atoms with Crippen LogP contribution < -0.4 is 10.9 Å². The first kappa shape index (κ1) is 21.6. The number of nitrogens with zero attached hydrogens (tertiary/aromatic N) is 5. The number of carbonyl (C=O) groups is 1. The SMILES string of the molecule is CCCc1noc(Cn2cnc3c4ccccc4n(CC(=O)Nc4ccccc4C)c3c2=O)n1. The molecule has 34 heavy (non-hydrogen) atoms. The van der Waals surface area contributed by atoms with Gasteiger partial charge in [0, 0.05) is 17.5 Å². The smallest absolute Gasteiger partial charge is 0.278 e. The van der Waals surface area contributed by atoms with E-state index in [0.29, 0.717) is 29.2 Å². The summed E-state index contributed by atoms with van der Waals surface area (Å²) in [6, 6.07) is 15.1. The van der Waals surface area contributed by atoms with Crippen LogP contribution in [0, 0.1) is 6.92 Å². The molecule has 3 aromatic heterocycles. The summed E-state index contributed by atoms with van der Waals surface area (Å²) >= 11 is 0. The number of rotatable bonds is 7. The average Bonchev–Trinajstić information content (AvgIpc) is 3.40. The molecule has 9 heteroatoms. The van der Waals surface area contributed by atoms with Gasteiger partial charge >= 0.3 is 0 Å². The number of para-hydroxylation sites is 2. The zero-order valence-corrected chi connectivity index (χ0v) is 19.0. The number of aromatic nitrogens is 5. The van der Waals surface area contributed by atoms with E-state index in [2.05, 4.69) is 20.4 Å². The Balaban J connectivity index is 1.55. The summed E-state index contributed by atoms with van der Waals surface area (Å²) in [6.07, 6.45) is 3.09. The van der Waals surface area contributed by atoms with Gasteiger partial charge in [-0.25, -0.2) is 4.98 Å². The summed E-state index contributed by atoms with van der Waals surface area (Å²) in [5, 5.41) is 7.71. The molecule has 9 nitrogen and oxygen atoms in total. The van der Waals surface area contributed by atoms with E-state index in [9.17, 15) is 9.59 Å². The van der Waals surface area contributed by atoms with Gasteiger partial charge in [-0.2, -0.15) is 4.98 Å². The van der Waals surface area contributed by atoms with E-state index >= 15 is 0 Å². The van der Waals surface area contributed by atoms with Crippen LogP contribution >= 0.6 is 0 Å². The zero-order valence-electron chi connectivity index (χ0n) is 19.0. The molecule has 5 rings (SSSR count). The first-order valence-corrected chi connectivity index (χ1v) is 11.2. The fourth-order valence-electron chi connectivity index (χ4n) is 4.10. The van der Waals surface area contributed by atoms with Crippen LogP contribution in [-0.4, -0.2) is 30.2 Å². The Kier molecular flexibility index (Phi) is 5.67. The van der Waals surface area contributed by atoms with Gasteiger partial charge in [0.2, 0.25) is 11.8 Å². The molecular formula is C25H24N6O3. The lowest BCUT2D eigenvalue weighted by Crippen LogP contribution is -2.25. The molecule has 1 N–H and O–H groups in total. The number of nitrogens with one attached hydrogen (secondary N) is 1. The molecule has 0 saturated heterocycles. The lowest BCUT2D eigenvalue weighted by atomic mass is 10.2. The maximum atomic E-state index is 13.5. The highest BCUT2D eigenvalue weighted by molar-refractivity contribution is 6.06. The predicted molar refractivity (Wildman–Crippen MR) is 129 cm³/mol. The largest absolute Gasteiger partial charge is 0.337 e. The third kappa shape index (κ3) is 3.96. The Morgan fingerprint density at radius 3 is 2.74 bits per heavy atom. The van der Waals surface area contributed by atoms with Crippen LogP contribution in [0.2, 0.25) is 0 Å². The highest BCUT2D eigenvalue weighted by atomic mass is 16.5. The minimum atomic E-state index is -0.278. The number of anilines is 1. The molecule has 0 radical (unpaired) electrons. The van der Waals surface area contributed by atoms with Gasteiger partial charge in [-0.3, -0.25) is 14.2 Å². The Bertz CT molecular complexity index is 1560. The van der Waals surface area contributed by atoms with Crippen LogP contribution in [0.25, 0.3) is 21.9 Å². The van der Waals surface area contributed by atoms with Crippen molar-refractivity contribution in [2.75, 3.05) is 5.32 Å². The van der Waals surface area contributed by atoms with Crippen molar-refractivity contribution < 1.29 is 9.32 Å². The maximum absolute atomic E-state index is 13.5. The molecule has 3 heterocycles. The molecule has 1 amide bonds. The number of benzene rings is 2. The van der Waals surface area contributed by atoms with Gasteiger partial charge in [0.15, 0.2) is 5.82 Å². The van der Waals surface area contributed by atoms with Gasteiger partial charge in [0.05, 0.1) is 11.8 Å². The molecule has 0 fully saturated rings. The molecule has 2 aromatic carbocycles. The average molecular weight is 457 g/mol. The summed E-state index contributed by atoms with van der Waals surface area (Å²) < 4.78 is 8.45. The van der Waals surface area contributed by atoms with Crippen molar-refractivity contribution in [3.05, 3.63) is 82.5 Å². The molecule has 5 aromatic rings. The summed E-state index contributed by atoms with van der Waals surface area (Å²) in [6.45, 7) is 4.05. The van der Waals surface area contributed by atoms with E-state index in [0.717, 1.165) is 28.6 Å². The molecule has 0 aliphatic rings. The minimum Gasteiger partial charge on any atom is -0.337 e. The molecule has 0 aliphatic carbocycles. The standard InChI is InChI=1S/C25H24N6O3/c1-3-8-20-28-22(34-29-20)14-30-15-26-23-17-10-5-7-12-19(17)31(24(23)25(30)33)13-21(32)27-18-11-6-4-9-16(18)2/h4-7,9-12,15H,3,8,13-14H2,1-2H3,(H,27,32). The number of hydrogen-bond donors (Lipinski definition) is 1. The molecular weight excluding hydrogens is 432 g/mol. The second-order valence-corrected chi connectivity index (χ2v) is 8.20. The number of hydrogen-bond acceptors (Lipinski definition) is 6.